The first-order valence-electron chi connectivity index (χ1n) is 5.32. The van der Waals surface area contributed by atoms with Crippen LogP contribution in [0.3, 0.4) is 0 Å². The van der Waals surface area contributed by atoms with E-state index in [1.165, 1.54) is 19.2 Å². The van der Waals surface area contributed by atoms with Crippen molar-refractivity contribution in [1.29, 1.82) is 0 Å². The zero-order chi connectivity index (χ0) is 12.7. The number of nitro groups is 1. The van der Waals surface area contributed by atoms with E-state index < -0.39 is 4.92 Å². The highest BCUT2D eigenvalue weighted by Gasteiger charge is 2.09. The van der Waals surface area contributed by atoms with Crippen LogP contribution in [0.15, 0.2) is 18.2 Å². The molecule has 0 fully saturated rings. The van der Waals surface area contributed by atoms with E-state index in [9.17, 15) is 10.1 Å². The van der Waals surface area contributed by atoms with Crippen LogP contribution in [0.25, 0.3) is 0 Å². The first kappa shape index (κ1) is 13.2. The minimum Gasteiger partial charge on any atom is -0.496 e. The Labute approximate surface area is 99.7 Å². The molecule has 1 aromatic carbocycles. The fraction of sp³-hybridized carbons (Fsp3) is 0.455. The minimum atomic E-state index is -0.448. The van der Waals surface area contributed by atoms with Crippen molar-refractivity contribution in [3.05, 3.63) is 28.3 Å². The molecule has 94 valence electrons. The number of ether oxygens (including phenoxy) is 2. The van der Waals surface area contributed by atoms with Crippen LogP contribution < -0.4 is 10.1 Å². The Morgan fingerprint density at radius 2 is 2.18 bits per heavy atom. The number of rotatable bonds is 7. The molecule has 6 nitrogen and oxygen atoms in total. The van der Waals surface area contributed by atoms with Gasteiger partial charge >= 0.3 is 0 Å². The first-order valence-corrected chi connectivity index (χ1v) is 5.32. The van der Waals surface area contributed by atoms with Gasteiger partial charge in [0.1, 0.15) is 5.75 Å². The largest absolute Gasteiger partial charge is 0.496 e. The van der Waals surface area contributed by atoms with Crippen LogP contribution in [0.4, 0.5) is 11.4 Å². The molecule has 1 N–H and O–H groups in total. The maximum Gasteiger partial charge on any atom is 0.275 e. The van der Waals surface area contributed by atoms with Gasteiger partial charge in [-0.25, -0.2) is 0 Å². The summed E-state index contributed by atoms with van der Waals surface area (Å²) in [5, 5.41) is 13.7. The normalized spacial score (nSPS) is 10.0. The van der Waals surface area contributed by atoms with E-state index in [4.69, 9.17) is 9.47 Å². The minimum absolute atomic E-state index is 0.00302. The molecule has 0 bridgehead atoms. The quantitative estimate of drug-likeness (QED) is 0.448. The van der Waals surface area contributed by atoms with E-state index in [-0.39, 0.29) is 5.69 Å². The molecule has 0 saturated carbocycles. The lowest BCUT2D eigenvalue weighted by atomic mass is 10.2. The summed E-state index contributed by atoms with van der Waals surface area (Å²) in [4.78, 5) is 10.2. The third-order valence-corrected chi connectivity index (χ3v) is 2.12. The molecule has 0 aromatic heterocycles. The van der Waals surface area contributed by atoms with Crippen molar-refractivity contribution in [3.63, 3.8) is 0 Å². The van der Waals surface area contributed by atoms with E-state index in [0.717, 1.165) is 0 Å². The number of hydrogen-bond acceptors (Lipinski definition) is 5. The molecule has 6 heteroatoms. The van der Waals surface area contributed by atoms with Gasteiger partial charge in [-0.1, -0.05) is 0 Å². The molecule has 0 saturated heterocycles. The lowest BCUT2D eigenvalue weighted by Crippen LogP contribution is -2.09. The standard InChI is InChI=1S/C11H16N2O4/c1-3-17-5-4-12-9-6-10(13(14)15)8-11(7-9)16-2/h6-8,12H,3-5H2,1-2H3. The van der Waals surface area contributed by atoms with Gasteiger partial charge in [0.2, 0.25) is 0 Å². The summed E-state index contributed by atoms with van der Waals surface area (Å²) in [6, 6.07) is 4.56. The Hall–Kier alpha value is -1.82. The maximum atomic E-state index is 10.7. The van der Waals surface area contributed by atoms with Crippen molar-refractivity contribution >= 4 is 11.4 Å². The van der Waals surface area contributed by atoms with Crippen LogP contribution in [0.1, 0.15) is 6.92 Å². The van der Waals surface area contributed by atoms with Gasteiger partial charge in [-0.15, -0.1) is 0 Å². The molecule has 17 heavy (non-hydrogen) atoms. The molecular formula is C11H16N2O4. The molecule has 0 spiro atoms. The molecule has 0 unspecified atom stereocenters. The van der Waals surface area contributed by atoms with Crippen LogP contribution in [0.5, 0.6) is 5.75 Å². The van der Waals surface area contributed by atoms with Crippen LogP contribution in [0.2, 0.25) is 0 Å². The third-order valence-electron chi connectivity index (χ3n) is 2.12. The van der Waals surface area contributed by atoms with Crippen molar-refractivity contribution in [1.82, 2.24) is 0 Å². The Morgan fingerprint density at radius 1 is 1.41 bits per heavy atom. The van der Waals surface area contributed by atoms with E-state index >= 15 is 0 Å². The average Bonchev–Trinajstić information content (AvgIpc) is 2.34. The molecule has 0 aliphatic carbocycles. The van der Waals surface area contributed by atoms with Gasteiger partial charge < -0.3 is 14.8 Å². The van der Waals surface area contributed by atoms with Gasteiger partial charge in [0, 0.05) is 31.0 Å². The monoisotopic (exact) mass is 240 g/mol. The van der Waals surface area contributed by atoms with Gasteiger partial charge in [-0.3, -0.25) is 10.1 Å². The van der Waals surface area contributed by atoms with Crippen LogP contribution >= 0.6 is 0 Å². The Balaban J connectivity index is 2.70. The lowest BCUT2D eigenvalue weighted by molar-refractivity contribution is -0.384. The summed E-state index contributed by atoms with van der Waals surface area (Å²) in [5.41, 5.74) is 0.652. The van der Waals surface area contributed by atoms with Gasteiger partial charge in [-0.2, -0.15) is 0 Å². The van der Waals surface area contributed by atoms with Crippen LogP contribution in [-0.2, 0) is 4.74 Å². The fourth-order valence-corrected chi connectivity index (χ4v) is 1.32. The van der Waals surface area contributed by atoms with Gasteiger partial charge in [0.15, 0.2) is 0 Å². The van der Waals surface area contributed by atoms with E-state index in [2.05, 4.69) is 5.32 Å². The highest BCUT2D eigenvalue weighted by atomic mass is 16.6. The first-order chi connectivity index (χ1) is 8.17. The second-order valence-corrected chi connectivity index (χ2v) is 3.30. The molecule has 0 aliphatic rings. The molecule has 0 aliphatic heterocycles. The van der Waals surface area contributed by atoms with Crippen molar-refractivity contribution in [2.45, 2.75) is 6.92 Å². The van der Waals surface area contributed by atoms with Crippen molar-refractivity contribution in [3.8, 4) is 5.75 Å². The number of nitrogens with zero attached hydrogens (tertiary/aromatic N) is 1. The SMILES string of the molecule is CCOCCNc1cc(OC)cc([N+](=O)[O-])c1. The molecule has 1 aromatic rings. The summed E-state index contributed by atoms with van der Waals surface area (Å²) in [6.45, 7) is 3.72. The van der Waals surface area contributed by atoms with E-state index in [1.807, 2.05) is 6.92 Å². The van der Waals surface area contributed by atoms with E-state index in [1.54, 1.807) is 6.07 Å². The molecular weight excluding hydrogens is 224 g/mol. The fourth-order valence-electron chi connectivity index (χ4n) is 1.32. The summed E-state index contributed by atoms with van der Waals surface area (Å²) < 4.78 is 10.2. The molecule has 0 heterocycles. The smallest absolute Gasteiger partial charge is 0.275 e. The predicted molar refractivity (Wildman–Crippen MR) is 64.6 cm³/mol. The van der Waals surface area contributed by atoms with Gasteiger partial charge in [0.05, 0.1) is 24.7 Å². The average molecular weight is 240 g/mol. The predicted octanol–water partition coefficient (Wildman–Crippen LogP) is 2.05. The summed E-state index contributed by atoms with van der Waals surface area (Å²) in [6.07, 6.45) is 0. The van der Waals surface area contributed by atoms with Gasteiger partial charge in [-0.05, 0) is 6.92 Å². The number of benzene rings is 1. The molecule has 0 amide bonds. The molecule has 0 atom stereocenters. The van der Waals surface area contributed by atoms with Crippen molar-refractivity contribution in [2.75, 3.05) is 32.2 Å². The third kappa shape index (κ3) is 4.28. The topological polar surface area (TPSA) is 73.6 Å². The second-order valence-electron chi connectivity index (χ2n) is 3.30. The highest BCUT2D eigenvalue weighted by Crippen LogP contribution is 2.25. The number of methoxy groups -OCH3 is 1. The van der Waals surface area contributed by atoms with Crippen molar-refractivity contribution < 1.29 is 14.4 Å². The zero-order valence-electron chi connectivity index (χ0n) is 9.93. The number of anilines is 1. The zero-order valence-corrected chi connectivity index (χ0v) is 9.93. The lowest BCUT2D eigenvalue weighted by Gasteiger charge is -2.08. The second kappa shape index (κ2) is 6.70. The highest BCUT2D eigenvalue weighted by molar-refractivity contribution is 5.56. The van der Waals surface area contributed by atoms with Crippen molar-refractivity contribution in [2.24, 2.45) is 0 Å². The summed E-state index contributed by atoms with van der Waals surface area (Å²) >= 11 is 0. The molecule has 1 rings (SSSR count). The van der Waals surface area contributed by atoms with Crippen LogP contribution in [-0.4, -0.2) is 31.8 Å². The number of hydrogen-bond donors (Lipinski definition) is 1. The van der Waals surface area contributed by atoms with Gasteiger partial charge in [0.25, 0.3) is 5.69 Å². The van der Waals surface area contributed by atoms with Crippen LogP contribution in [0, 0.1) is 10.1 Å². The number of nitrogens with one attached hydrogen (secondary N) is 1. The maximum absolute atomic E-state index is 10.7. The summed E-state index contributed by atoms with van der Waals surface area (Å²) in [5.74, 6) is 0.457. The number of non-ortho nitro benzene ring substituents is 1. The Bertz CT molecular complexity index is 382. The summed E-state index contributed by atoms with van der Waals surface area (Å²) in [7, 11) is 1.48. The Kier molecular flexibility index (Phi) is 5.22. The molecule has 0 radical (unpaired) electrons. The number of nitro benzene ring substituents is 1. The van der Waals surface area contributed by atoms with E-state index in [0.29, 0.717) is 31.2 Å². The Morgan fingerprint density at radius 3 is 2.76 bits per heavy atom.